The fourth-order valence-electron chi connectivity index (χ4n) is 1.01. The van der Waals surface area contributed by atoms with Crippen LogP contribution in [0.1, 0.15) is 0 Å². The smallest absolute Gasteiger partial charge is 0.316 e. The highest BCUT2D eigenvalue weighted by atomic mass is 35.5. The molecule has 5 nitrogen and oxygen atoms in total. The van der Waals surface area contributed by atoms with Crippen molar-refractivity contribution in [3.63, 3.8) is 0 Å². The molecule has 0 atom stereocenters. The second kappa shape index (κ2) is 5.21. The third-order valence-corrected chi connectivity index (χ3v) is 1.78. The lowest BCUT2D eigenvalue weighted by Crippen LogP contribution is -2.19. The molecule has 0 saturated heterocycles. The SMILES string of the molecule is NC(=O)Nc1cccc(NC(=O)CCl)c1. The van der Waals surface area contributed by atoms with E-state index in [4.69, 9.17) is 17.3 Å². The standard InChI is InChI=1S/C9H10ClN3O2/c10-5-8(14)12-6-2-1-3-7(4-6)13-9(11)15/h1-4H,5H2,(H,12,14)(H3,11,13,15). The summed E-state index contributed by atoms with van der Waals surface area (Å²) in [5.74, 6) is -0.430. The van der Waals surface area contributed by atoms with E-state index in [-0.39, 0.29) is 11.8 Å². The predicted molar refractivity (Wildman–Crippen MR) is 59.0 cm³/mol. The van der Waals surface area contributed by atoms with Crippen LogP contribution in [0.15, 0.2) is 24.3 Å². The average Bonchev–Trinajstić information content (AvgIpc) is 2.17. The Labute approximate surface area is 91.6 Å². The van der Waals surface area contributed by atoms with Crippen LogP contribution in [0.2, 0.25) is 0 Å². The zero-order chi connectivity index (χ0) is 11.3. The number of benzene rings is 1. The minimum atomic E-state index is -0.657. The summed E-state index contributed by atoms with van der Waals surface area (Å²) in [5, 5.41) is 4.93. The molecular formula is C9H10ClN3O2. The van der Waals surface area contributed by atoms with E-state index in [1.165, 1.54) is 0 Å². The normalized spacial score (nSPS) is 9.40. The van der Waals surface area contributed by atoms with Crippen LogP contribution in [-0.4, -0.2) is 17.8 Å². The summed E-state index contributed by atoms with van der Waals surface area (Å²) >= 11 is 5.32. The third kappa shape index (κ3) is 3.86. The van der Waals surface area contributed by atoms with Gasteiger partial charge in [0.1, 0.15) is 5.88 Å². The van der Waals surface area contributed by atoms with E-state index in [0.717, 1.165) is 0 Å². The molecule has 0 radical (unpaired) electrons. The predicted octanol–water partition coefficient (Wildman–Crippen LogP) is 1.35. The van der Waals surface area contributed by atoms with Crippen molar-refractivity contribution in [1.82, 2.24) is 0 Å². The van der Waals surface area contributed by atoms with Crippen LogP contribution in [0.5, 0.6) is 0 Å². The van der Waals surface area contributed by atoms with Gasteiger partial charge in [-0.3, -0.25) is 4.79 Å². The molecule has 1 rings (SSSR count). The van der Waals surface area contributed by atoms with Gasteiger partial charge in [0.25, 0.3) is 0 Å². The van der Waals surface area contributed by atoms with Gasteiger partial charge in [-0.1, -0.05) is 6.07 Å². The molecule has 6 heteroatoms. The van der Waals surface area contributed by atoms with Crippen LogP contribution in [0.25, 0.3) is 0 Å². The van der Waals surface area contributed by atoms with E-state index in [2.05, 4.69) is 10.6 Å². The number of amides is 3. The first-order valence-corrected chi connectivity index (χ1v) is 4.67. The Kier molecular flexibility index (Phi) is 3.93. The number of carbonyl (C=O) groups is 2. The van der Waals surface area contributed by atoms with E-state index in [9.17, 15) is 9.59 Å². The summed E-state index contributed by atoms with van der Waals surface area (Å²) in [6, 6.07) is 5.93. The number of halogens is 1. The molecule has 3 amide bonds. The largest absolute Gasteiger partial charge is 0.351 e. The van der Waals surface area contributed by atoms with Gasteiger partial charge in [-0.2, -0.15) is 0 Å². The number of nitrogens with two attached hydrogens (primary N) is 1. The minimum Gasteiger partial charge on any atom is -0.351 e. The van der Waals surface area contributed by atoms with E-state index < -0.39 is 6.03 Å². The van der Waals surface area contributed by atoms with E-state index in [1.807, 2.05) is 0 Å². The Morgan fingerprint density at radius 1 is 1.27 bits per heavy atom. The molecule has 0 aromatic heterocycles. The fraction of sp³-hybridized carbons (Fsp3) is 0.111. The Morgan fingerprint density at radius 2 is 1.87 bits per heavy atom. The van der Waals surface area contributed by atoms with Gasteiger partial charge in [-0.15, -0.1) is 11.6 Å². The van der Waals surface area contributed by atoms with Gasteiger partial charge in [0.2, 0.25) is 5.91 Å². The minimum absolute atomic E-state index is 0.118. The fourth-order valence-corrected chi connectivity index (χ4v) is 1.08. The van der Waals surface area contributed by atoms with Crippen molar-refractivity contribution < 1.29 is 9.59 Å². The summed E-state index contributed by atoms with van der Waals surface area (Å²) in [4.78, 5) is 21.5. The average molecular weight is 228 g/mol. The zero-order valence-corrected chi connectivity index (χ0v) is 8.54. The first kappa shape index (κ1) is 11.3. The molecule has 4 N–H and O–H groups in total. The van der Waals surface area contributed by atoms with Gasteiger partial charge in [-0.25, -0.2) is 4.79 Å². The second-order valence-electron chi connectivity index (χ2n) is 2.75. The van der Waals surface area contributed by atoms with Crippen molar-refractivity contribution in [1.29, 1.82) is 0 Å². The number of alkyl halides is 1. The number of anilines is 2. The van der Waals surface area contributed by atoms with E-state index in [0.29, 0.717) is 11.4 Å². The van der Waals surface area contributed by atoms with Crippen LogP contribution in [-0.2, 0) is 4.79 Å². The second-order valence-corrected chi connectivity index (χ2v) is 3.02. The lowest BCUT2D eigenvalue weighted by Gasteiger charge is -2.05. The topological polar surface area (TPSA) is 84.2 Å². The first-order valence-electron chi connectivity index (χ1n) is 4.14. The van der Waals surface area contributed by atoms with Gasteiger partial charge in [0.15, 0.2) is 0 Å². The van der Waals surface area contributed by atoms with Crippen LogP contribution < -0.4 is 16.4 Å². The van der Waals surface area contributed by atoms with E-state index >= 15 is 0 Å². The molecule has 80 valence electrons. The molecule has 0 spiro atoms. The molecule has 0 aliphatic rings. The van der Waals surface area contributed by atoms with Crippen molar-refractivity contribution in [3.05, 3.63) is 24.3 Å². The molecule has 0 unspecified atom stereocenters. The highest BCUT2D eigenvalue weighted by Gasteiger charge is 2.01. The Morgan fingerprint density at radius 3 is 2.40 bits per heavy atom. The lowest BCUT2D eigenvalue weighted by molar-refractivity contribution is -0.113. The molecule has 1 aromatic rings. The van der Waals surface area contributed by atoms with Gasteiger partial charge in [0.05, 0.1) is 0 Å². The molecular weight excluding hydrogens is 218 g/mol. The van der Waals surface area contributed by atoms with Gasteiger partial charge >= 0.3 is 6.03 Å². The molecule has 0 saturated carbocycles. The number of urea groups is 1. The lowest BCUT2D eigenvalue weighted by atomic mass is 10.3. The highest BCUT2D eigenvalue weighted by Crippen LogP contribution is 2.14. The summed E-state index contributed by atoms with van der Waals surface area (Å²) in [6.45, 7) is 0. The number of primary amides is 1. The summed E-state index contributed by atoms with van der Waals surface area (Å²) < 4.78 is 0. The Balaban J connectivity index is 2.74. The van der Waals surface area contributed by atoms with E-state index in [1.54, 1.807) is 24.3 Å². The summed E-state index contributed by atoms with van der Waals surface area (Å²) in [7, 11) is 0. The van der Waals surface area contributed by atoms with Gasteiger partial charge in [0, 0.05) is 11.4 Å². The number of hydrogen-bond donors (Lipinski definition) is 3. The number of nitrogens with one attached hydrogen (secondary N) is 2. The van der Waals surface area contributed by atoms with Crippen molar-refractivity contribution in [3.8, 4) is 0 Å². The number of carbonyl (C=O) groups excluding carboxylic acids is 2. The zero-order valence-electron chi connectivity index (χ0n) is 7.79. The number of hydrogen-bond acceptors (Lipinski definition) is 2. The highest BCUT2D eigenvalue weighted by molar-refractivity contribution is 6.29. The van der Waals surface area contributed by atoms with Crippen molar-refractivity contribution in [2.75, 3.05) is 16.5 Å². The summed E-state index contributed by atoms with van der Waals surface area (Å²) in [6.07, 6.45) is 0. The maximum atomic E-state index is 11.0. The summed E-state index contributed by atoms with van der Waals surface area (Å²) in [5.41, 5.74) is 6.00. The van der Waals surface area contributed by atoms with Crippen LogP contribution in [0.4, 0.5) is 16.2 Å². The Bertz CT molecular complexity index is 381. The molecule has 0 heterocycles. The van der Waals surface area contributed by atoms with Crippen molar-refractivity contribution in [2.24, 2.45) is 5.73 Å². The molecule has 0 aliphatic heterocycles. The van der Waals surface area contributed by atoms with Crippen LogP contribution >= 0.6 is 11.6 Å². The third-order valence-electron chi connectivity index (χ3n) is 1.54. The van der Waals surface area contributed by atoms with Crippen molar-refractivity contribution in [2.45, 2.75) is 0 Å². The molecule has 15 heavy (non-hydrogen) atoms. The van der Waals surface area contributed by atoms with Gasteiger partial charge < -0.3 is 16.4 Å². The maximum Gasteiger partial charge on any atom is 0.316 e. The van der Waals surface area contributed by atoms with Crippen molar-refractivity contribution >= 4 is 34.9 Å². The molecule has 1 aromatic carbocycles. The monoisotopic (exact) mass is 227 g/mol. The van der Waals surface area contributed by atoms with Gasteiger partial charge in [-0.05, 0) is 18.2 Å². The maximum absolute atomic E-state index is 11.0. The molecule has 0 bridgehead atoms. The molecule has 0 fully saturated rings. The molecule has 0 aliphatic carbocycles. The first-order chi connectivity index (χ1) is 7.11. The number of rotatable bonds is 3. The Hall–Kier alpha value is -1.75. The van der Waals surface area contributed by atoms with Crippen LogP contribution in [0.3, 0.4) is 0 Å². The van der Waals surface area contributed by atoms with Crippen LogP contribution in [0, 0.1) is 0 Å². The quantitative estimate of drug-likeness (QED) is 0.681.